The van der Waals surface area contributed by atoms with E-state index in [1.165, 1.54) is 0 Å². The van der Waals surface area contributed by atoms with Crippen molar-refractivity contribution in [3.8, 4) is 0 Å². The van der Waals surface area contributed by atoms with Gasteiger partial charge >= 0.3 is 0 Å². The van der Waals surface area contributed by atoms with E-state index in [0.29, 0.717) is 13.0 Å². The lowest BCUT2D eigenvalue weighted by Gasteiger charge is -2.41. The van der Waals surface area contributed by atoms with Crippen LogP contribution >= 0.6 is 0 Å². The first kappa shape index (κ1) is 19.0. The van der Waals surface area contributed by atoms with Gasteiger partial charge in [-0.25, -0.2) is 0 Å². The molecule has 8 rings (SSSR count). The topological polar surface area (TPSA) is 77.7 Å². The van der Waals surface area contributed by atoms with Gasteiger partial charge in [-0.15, -0.1) is 0 Å². The number of methoxy groups -OCH3 is 1. The summed E-state index contributed by atoms with van der Waals surface area (Å²) < 4.78 is 17.5. The van der Waals surface area contributed by atoms with Crippen molar-refractivity contribution in [3.05, 3.63) is 59.7 Å². The normalized spacial score (nSPS) is 27.4. The highest BCUT2D eigenvalue weighted by molar-refractivity contribution is 6.31. The van der Waals surface area contributed by atoms with Crippen LogP contribution in [-0.2, 0) is 21.7 Å². The third kappa shape index (κ3) is 1.78. The molecule has 2 aromatic heterocycles. The van der Waals surface area contributed by atoms with E-state index in [2.05, 4.69) is 38.7 Å². The van der Waals surface area contributed by atoms with Gasteiger partial charge in [0.05, 0.1) is 34.2 Å². The maximum absolute atomic E-state index is 13.2. The summed E-state index contributed by atoms with van der Waals surface area (Å²) in [6.07, 6.45) is 0.130. The second-order valence-electron chi connectivity index (χ2n) is 9.84. The van der Waals surface area contributed by atoms with Gasteiger partial charge in [-0.2, -0.15) is 0 Å². The molecule has 0 aliphatic carbocycles. The summed E-state index contributed by atoms with van der Waals surface area (Å²) >= 11 is 0. The number of benzene rings is 3. The van der Waals surface area contributed by atoms with Crippen LogP contribution in [0.15, 0.2) is 48.5 Å². The average molecular weight is 453 g/mol. The minimum absolute atomic E-state index is 0.0280. The van der Waals surface area contributed by atoms with Crippen molar-refractivity contribution >= 4 is 49.5 Å². The zero-order valence-corrected chi connectivity index (χ0v) is 18.9. The Balaban J connectivity index is 1.76. The van der Waals surface area contributed by atoms with Crippen LogP contribution in [0.2, 0.25) is 0 Å². The number of nitrogens with one attached hydrogen (secondary N) is 1. The van der Waals surface area contributed by atoms with Crippen molar-refractivity contribution in [1.29, 1.82) is 0 Å². The van der Waals surface area contributed by atoms with Gasteiger partial charge < -0.3 is 29.0 Å². The molecule has 0 spiro atoms. The molecular formula is C27H23N3O4. The number of amides is 1. The van der Waals surface area contributed by atoms with Crippen molar-refractivity contribution < 1.29 is 19.4 Å². The lowest BCUT2D eigenvalue weighted by molar-refractivity contribution is -0.201. The van der Waals surface area contributed by atoms with Crippen molar-refractivity contribution in [2.45, 2.75) is 37.4 Å². The van der Waals surface area contributed by atoms with Gasteiger partial charge in [0.25, 0.3) is 5.91 Å². The van der Waals surface area contributed by atoms with E-state index < -0.39 is 11.3 Å². The van der Waals surface area contributed by atoms with Crippen molar-refractivity contribution in [2.75, 3.05) is 13.7 Å². The molecular weight excluding hydrogens is 430 g/mol. The number of para-hydroxylation sites is 2. The molecule has 1 saturated heterocycles. The van der Waals surface area contributed by atoms with E-state index in [1.807, 2.05) is 31.2 Å². The number of nitrogens with zero attached hydrogens (tertiary/aromatic N) is 2. The molecule has 3 aliphatic heterocycles. The molecule has 1 fully saturated rings. The quantitative estimate of drug-likeness (QED) is 0.421. The second kappa shape index (κ2) is 5.81. The number of ether oxygens (including phenoxy) is 2. The highest BCUT2D eigenvalue weighted by Gasteiger charge is 2.62. The third-order valence-corrected chi connectivity index (χ3v) is 8.59. The summed E-state index contributed by atoms with van der Waals surface area (Å²) in [5.41, 5.74) is 3.96. The molecule has 2 bridgehead atoms. The van der Waals surface area contributed by atoms with Crippen molar-refractivity contribution in [3.63, 3.8) is 0 Å². The fourth-order valence-electron chi connectivity index (χ4n) is 7.06. The molecule has 2 unspecified atom stereocenters. The number of hydrogen-bond acceptors (Lipinski definition) is 4. The molecule has 5 aromatic rings. The van der Waals surface area contributed by atoms with E-state index in [-0.39, 0.29) is 18.7 Å². The summed E-state index contributed by atoms with van der Waals surface area (Å²) in [6.45, 7) is 2.34. The van der Waals surface area contributed by atoms with Crippen LogP contribution < -0.4 is 5.32 Å². The summed E-state index contributed by atoms with van der Waals surface area (Å²) in [5, 5.41) is 17.9. The van der Waals surface area contributed by atoms with Gasteiger partial charge in [-0.1, -0.05) is 36.4 Å². The molecule has 3 aliphatic rings. The van der Waals surface area contributed by atoms with Gasteiger partial charge in [0.2, 0.25) is 0 Å². The molecule has 34 heavy (non-hydrogen) atoms. The minimum Gasteiger partial charge on any atom is -0.393 e. The van der Waals surface area contributed by atoms with E-state index >= 15 is 0 Å². The number of aliphatic hydroxyl groups is 1. The van der Waals surface area contributed by atoms with E-state index in [9.17, 15) is 9.90 Å². The number of carbonyl (C=O) groups excluding carboxylic acids is 1. The first-order valence-corrected chi connectivity index (χ1v) is 11.7. The maximum Gasteiger partial charge on any atom is 0.252 e. The van der Waals surface area contributed by atoms with Crippen LogP contribution in [0.1, 0.15) is 35.5 Å². The molecule has 0 saturated carbocycles. The number of aliphatic hydroxyl groups excluding tert-OH is 1. The van der Waals surface area contributed by atoms with Gasteiger partial charge in [0.15, 0.2) is 5.72 Å². The highest BCUT2D eigenvalue weighted by atomic mass is 16.6. The molecule has 3 atom stereocenters. The average Bonchev–Trinajstić information content (AvgIpc) is 3.55. The van der Waals surface area contributed by atoms with Crippen molar-refractivity contribution in [2.24, 2.45) is 0 Å². The summed E-state index contributed by atoms with van der Waals surface area (Å²) in [6, 6.07) is 16.5. The Morgan fingerprint density at radius 2 is 1.79 bits per heavy atom. The number of fused-ring (bicyclic) bond motifs is 13. The molecule has 7 heteroatoms. The largest absolute Gasteiger partial charge is 0.393 e. The highest BCUT2D eigenvalue weighted by Crippen LogP contribution is 2.58. The molecule has 7 nitrogen and oxygen atoms in total. The van der Waals surface area contributed by atoms with Gasteiger partial charge in [-0.3, -0.25) is 4.79 Å². The van der Waals surface area contributed by atoms with Crippen molar-refractivity contribution in [1.82, 2.24) is 14.5 Å². The summed E-state index contributed by atoms with van der Waals surface area (Å²) in [4.78, 5) is 13.2. The van der Waals surface area contributed by atoms with Gasteiger partial charge in [-0.05, 0) is 24.6 Å². The van der Waals surface area contributed by atoms with Crippen LogP contribution in [0.3, 0.4) is 0 Å². The number of aromatic nitrogens is 2. The van der Waals surface area contributed by atoms with Gasteiger partial charge in [0, 0.05) is 41.6 Å². The zero-order chi connectivity index (χ0) is 23.0. The zero-order valence-electron chi connectivity index (χ0n) is 18.9. The van der Waals surface area contributed by atoms with Crippen LogP contribution in [0, 0.1) is 0 Å². The lowest BCUT2D eigenvalue weighted by Crippen LogP contribution is -2.54. The number of hydrogen-bond donors (Lipinski definition) is 2. The van der Waals surface area contributed by atoms with Crippen LogP contribution in [0.5, 0.6) is 0 Å². The smallest absolute Gasteiger partial charge is 0.252 e. The van der Waals surface area contributed by atoms with E-state index in [1.54, 1.807) is 7.11 Å². The Morgan fingerprint density at radius 1 is 1.09 bits per heavy atom. The molecule has 0 radical (unpaired) electrons. The molecule has 1 amide bonds. The standard InChI is InChI=1S/C27H23N3O4/c1-26-27(13-31,33-2)11-19(34-26)29-17-9-5-3-7-14(17)21-22-16(12-28-25(22)32)20-15-8-4-6-10-18(15)30(26)24(20)23(21)29/h3-10,19,31H,11-13H2,1-2H3,(H,28,32)/t19?,26-,27?/m1/s1. The first-order chi connectivity index (χ1) is 16.5. The molecule has 2 N–H and O–H groups in total. The fraction of sp³-hybridized carbons (Fsp3) is 0.296. The van der Waals surface area contributed by atoms with Crippen LogP contribution in [0.25, 0.3) is 43.6 Å². The van der Waals surface area contributed by atoms with E-state index in [4.69, 9.17) is 9.47 Å². The minimum atomic E-state index is -0.958. The maximum atomic E-state index is 13.2. The SMILES string of the molecule is COC1(CO)CC2O[C@@]1(C)n1c3ccccc3c3c4c(c5c6ccccc6n2c5c31)C(=O)NC4. The fourth-order valence-corrected chi connectivity index (χ4v) is 7.06. The van der Waals surface area contributed by atoms with Gasteiger partial charge in [0.1, 0.15) is 11.8 Å². The monoisotopic (exact) mass is 453 g/mol. The Labute approximate surface area is 194 Å². The summed E-state index contributed by atoms with van der Waals surface area (Å²) in [5.74, 6) is -0.0280. The van der Waals surface area contributed by atoms with Crippen LogP contribution in [0.4, 0.5) is 0 Å². The molecule has 170 valence electrons. The summed E-state index contributed by atoms with van der Waals surface area (Å²) in [7, 11) is 1.65. The predicted octanol–water partition coefficient (Wildman–Crippen LogP) is 4.13. The number of rotatable bonds is 2. The predicted molar refractivity (Wildman–Crippen MR) is 129 cm³/mol. The Bertz CT molecular complexity index is 1740. The molecule has 5 heterocycles. The second-order valence-corrected chi connectivity index (χ2v) is 9.84. The van der Waals surface area contributed by atoms with Crippen LogP contribution in [-0.4, -0.2) is 39.5 Å². The third-order valence-electron chi connectivity index (χ3n) is 8.59. The Kier molecular flexibility index (Phi) is 3.24. The Hall–Kier alpha value is -3.39. The number of carbonyl (C=O) groups is 1. The first-order valence-electron chi connectivity index (χ1n) is 11.7. The van der Waals surface area contributed by atoms with E-state index in [0.717, 1.165) is 54.7 Å². The Morgan fingerprint density at radius 3 is 2.53 bits per heavy atom. The lowest BCUT2D eigenvalue weighted by atomic mass is 9.89. The molecule has 3 aromatic carbocycles.